The van der Waals surface area contributed by atoms with E-state index in [0.29, 0.717) is 0 Å². The molecule has 1 aliphatic rings. The van der Waals surface area contributed by atoms with Gasteiger partial charge in [-0.15, -0.1) is 0 Å². The molecule has 0 N–H and O–H groups in total. The SMILES string of the molecule is c1ccc2c(c1)Sc1ccc(-c3ccc(N(c4ccc(-c5cccc6ccccc56)cc4)c4ccc5ccccc5c4)cc3)c3c4ccccc4n-2c13. The Bertz CT molecular complexity index is 3020. The maximum absolute atomic E-state index is 2.47. The standard InChI is InChI=1S/C50H32N2S/c1-2-12-37-32-40(29-20-33(37)10-1)51(38-25-21-35(22-26-38)42-16-9-13-34-11-3-4-14-41(34)42)39-27-23-36(24-28-39)43-30-31-48-50-49(43)44-15-5-6-17-45(44)52(50)46-18-7-8-19-47(46)53-48/h1-32H. The molecule has 0 atom stereocenters. The molecule has 0 fully saturated rings. The van der Waals surface area contributed by atoms with Crippen molar-refractivity contribution in [1.29, 1.82) is 0 Å². The van der Waals surface area contributed by atoms with Crippen LogP contribution in [0.5, 0.6) is 0 Å². The lowest BCUT2D eigenvalue weighted by atomic mass is 9.97. The molecular formula is C50H32N2S. The number of para-hydroxylation sites is 2. The number of benzene rings is 9. The molecule has 10 aromatic rings. The first kappa shape index (κ1) is 30.1. The van der Waals surface area contributed by atoms with E-state index in [9.17, 15) is 0 Å². The van der Waals surface area contributed by atoms with Crippen LogP contribution in [0, 0.1) is 0 Å². The first-order valence-corrected chi connectivity index (χ1v) is 18.9. The molecule has 0 radical (unpaired) electrons. The summed E-state index contributed by atoms with van der Waals surface area (Å²) in [6, 6.07) is 70.9. The van der Waals surface area contributed by atoms with Crippen molar-refractivity contribution in [1.82, 2.24) is 4.57 Å². The van der Waals surface area contributed by atoms with E-state index in [-0.39, 0.29) is 0 Å². The third-order valence-electron chi connectivity index (χ3n) is 10.8. The fraction of sp³-hybridized carbons (Fsp3) is 0. The van der Waals surface area contributed by atoms with Crippen molar-refractivity contribution in [2.45, 2.75) is 9.79 Å². The zero-order chi connectivity index (χ0) is 34.9. The second-order valence-corrected chi connectivity index (χ2v) is 14.8. The molecular weight excluding hydrogens is 661 g/mol. The Morgan fingerprint density at radius 2 is 1.02 bits per heavy atom. The number of rotatable bonds is 5. The van der Waals surface area contributed by atoms with Gasteiger partial charge in [-0.2, -0.15) is 0 Å². The van der Waals surface area contributed by atoms with Crippen LogP contribution in [0.25, 0.3) is 71.3 Å². The van der Waals surface area contributed by atoms with Gasteiger partial charge in [0.1, 0.15) is 0 Å². The molecule has 2 nitrogen and oxygen atoms in total. The summed E-state index contributed by atoms with van der Waals surface area (Å²) in [5, 5.41) is 7.57. The monoisotopic (exact) mass is 692 g/mol. The highest BCUT2D eigenvalue weighted by Gasteiger charge is 2.25. The lowest BCUT2D eigenvalue weighted by Crippen LogP contribution is -2.09. The Morgan fingerprint density at radius 1 is 0.396 bits per heavy atom. The second-order valence-electron chi connectivity index (χ2n) is 13.7. The molecule has 1 aliphatic heterocycles. The molecule has 0 aliphatic carbocycles. The molecule has 0 unspecified atom stereocenters. The predicted molar refractivity (Wildman–Crippen MR) is 225 cm³/mol. The van der Waals surface area contributed by atoms with Crippen LogP contribution in [0.1, 0.15) is 0 Å². The Kier molecular flexibility index (Phi) is 6.83. The normalized spacial score (nSPS) is 12.1. The van der Waals surface area contributed by atoms with Crippen molar-refractivity contribution in [3.8, 4) is 27.9 Å². The molecule has 2 heterocycles. The largest absolute Gasteiger partial charge is 0.310 e. The van der Waals surface area contributed by atoms with Crippen molar-refractivity contribution in [2.24, 2.45) is 0 Å². The molecule has 11 rings (SSSR count). The van der Waals surface area contributed by atoms with E-state index in [1.54, 1.807) is 0 Å². The zero-order valence-corrected chi connectivity index (χ0v) is 29.6. The lowest BCUT2D eigenvalue weighted by Gasteiger charge is -2.26. The van der Waals surface area contributed by atoms with Gasteiger partial charge in [0.05, 0.1) is 16.7 Å². The Morgan fingerprint density at radius 3 is 1.83 bits per heavy atom. The molecule has 0 saturated heterocycles. The first-order valence-electron chi connectivity index (χ1n) is 18.1. The highest BCUT2D eigenvalue weighted by molar-refractivity contribution is 7.99. The minimum atomic E-state index is 1.11. The maximum atomic E-state index is 2.47. The fourth-order valence-electron chi connectivity index (χ4n) is 8.31. The molecule has 248 valence electrons. The minimum absolute atomic E-state index is 1.11. The number of aromatic nitrogens is 1. The van der Waals surface area contributed by atoms with Crippen molar-refractivity contribution < 1.29 is 0 Å². The maximum Gasteiger partial charge on any atom is 0.0687 e. The predicted octanol–water partition coefficient (Wildman–Crippen LogP) is 14.4. The summed E-state index contributed by atoms with van der Waals surface area (Å²) in [4.78, 5) is 4.96. The van der Waals surface area contributed by atoms with Gasteiger partial charge in [-0.05, 0) is 104 Å². The van der Waals surface area contributed by atoms with E-state index in [0.717, 1.165) is 17.1 Å². The quantitative estimate of drug-likeness (QED) is 0.177. The highest BCUT2D eigenvalue weighted by atomic mass is 32.2. The van der Waals surface area contributed by atoms with Gasteiger partial charge >= 0.3 is 0 Å². The van der Waals surface area contributed by atoms with Crippen LogP contribution < -0.4 is 4.90 Å². The van der Waals surface area contributed by atoms with Gasteiger partial charge in [-0.3, -0.25) is 0 Å². The van der Waals surface area contributed by atoms with Gasteiger partial charge in [0.15, 0.2) is 0 Å². The Labute approximate surface area is 312 Å². The summed E-state index contributed by atoms with van der Waals surface area (Å²) in [5.41, 5.74) is 12.1. The van der Waals surface area contributed by atoms with Crippen molar-refractivity contribution >= 4 is 72.2 Å². The molecule has 9 aromatic carbocycles. The average Bonchev–Trinajstić information content (AvgIpc) is 3.58. The average molecular weight is 693 g/mol. The molecule has 0 saturated carbocycles. The van der Waals surface area contributed by atoms with E-state index in [4.69, 9.17) is 0 Å². The van der Waals surface area contributed by atoms with Crippen molar-refractivity contribution in [2.75, 3.05) is 4.90 Å². The van der Waals surface area contributed by atoms with Crippen LogP contribution in [-0.2, 0) is 0 Å². The van der Waals surface area contributed by atoms with Gasteiger partial charge in [-0.1, -0.05) is 145 Å². The van der Waals surface area contributed by atoms with Gasteiger partial charge in [0.2, 0.25) is 0 Å². The number of hydrogen-bond donors (Lipinski definition) is 0. The van der Waals surface area contributed by atoms with Crippen LogP contribution in [-0.4, -0.2) is 4.57 Å². The molecule has 0 amide bonds. The van der Waals surface area contributed by atoms with Crippen molar-refractivity contribution in [3.63, 3.8) is 0 Å². The van der Waals surface area contributed by atoms with Gasteiger partial charge < -0.3 is 9.47 Å². The summed E-state index contributed by atoms with van der Waals surface area (Å²) < 4.78 is 2.47. The molecule has 0 bridgehead atoms. The highest BCUT2D eigenvalue weighted by Crippen LogP contribution is 2.49. The first-order chi connectivity index (χ1) is 26.3. The number of fused-ring (bicyclic) bond motifs is 7. The third-order valence-corrected chi connectivity index (χ3v) is 11.9. The Hall–Kier alpha value is -6.55. The van der Waals surface area contributed by atoms with Crippen LogP contribution in [0.15, 0.2) is 204 Å². The van der Waals surface area contributed by atoms with Crippen molar-refractivity contribution in [3.05, 3.63) is 194 Å². The van der Waals surface area contributed by atoms with Gasteiger partial charge in [-0.25, -0.2) is 0 Å². The van der Waals surface area contributed by atoms with E-state index in [1.807, 2.05) is 11.8 Å². The smallest absolute Gasteiger partial charge is 0.0687 e. The van der Waals surface area contributed by atoms with Gasteiger partial charge in [0, 0.05) is 37.6 Å². The van der Waals surface area contributed by atoms with E-state index in [1.165, 1.54) is 81.1 Å². The lowest BCUT2D eigenvalue weighted by molar-refractivity contribution is 1.09. The van der Waals surface area contributed by atoms with Crippen LogP contribution >= 0.6 is 11.8 Å². The summed E-state index contributed by atoms with van der Waals surface area (Å²) in [6.45, 7) is 0. The number of anilines is 3. The third kappa shape index (κ3) is 4.82. The topological polar surface area (TPSA) is 8.17 Å². The van der Waals surface area contributed by atoms with E-state index >= 15 is 0 Å². The summed E-state index contributed by atoms with van der Waals surface area (Å²) >= 11 is 1.87. The minimum Gasteiger partial charge on any atom is -0.310 e. The van der Waals surface area contributed by atoms with E-state index < -0.39 is 0 Å². The molecule has 0 spiro atoms. The van der Waals surface area contributed by atoms with Gasteiger partial charge in [0.25, 0.3) is 0 Å². The van der Waals surface area contributed by atoms with E-state index in [2.05, 4.69) is 204 Å². The number of hydrogen-bond acceptors (Lipinski definition) is 2. The molecule has 53 heavy (non-hydrogen) atoms. The molecule has 3 heteroatoms. The van der Waals surface area contributed by atoms with Crippen LogP contribution in [0.4, 0.5) is 17.1 Å². The van der Waals surface area contributed by atoms with Crippen LogP contribution in [0.3, 0.4) is 0 Å². The summed E-state index contributed by atoms with van der Waals surface area (Å²) in [7, 11) is 0. The number of nitrogens with zero attached hydrogens (tertiary/aromatic N) is 2. The Balaban J connectivity index is 1.04. The zero-order valence-electron chi connectivity index (χ0n) is 28.8. The van der Waals surface area contributed by atoms with Crippen LogP contribution in [0.2, 0.25) is 0 Å². The molecule has 1 aromatic heterocycles. The second kappa shape index (κ2) is 12.0. The summed E-state index contributed by atoms with van der Waals surface area (Å²) in [5.74, 6) is 0. The fourth-order valence-corrected chi connectivity index (χ4v) is 9.38. The summed E-state index contributed by atoms with van der Waals surface area (Å²) in [6.07, 6.45) is 0.